The van der Waals surface area contributed by atoms with Crippen LogP contribution in [0.25, 0.3) is 0 Å². The Morgan fingerprint density at radius 2 is 1.96 bits per heavy atom. The van der Waals surface area contributed by atoms with Crippen LogP contribution in [0.1, 0.15) is 53.2 Å². The van der Waals surface area contributed by atoms with E-state index in [1.54, 1.807) is 0 Å². The summed E-state index contributed by atoms with van der Waals surface area (Å²) >= 11 is 0. The number of hydrogen-bond donors (Lipinski definition) is 1. The van der Waals surface area contributed by atoms with Crippen LogP contribution in [0.3, 0.4) is 0 Å². The maximum atomic E-state index is 13.0. The summed E-state index contributed by atoms with van der Waals surface area (Å²) in [6.45, 7) is 0.446. The van der Waals surface area contributed by atoms with E-state index in [1.165, 1.54) is 0 Å². The number of carbonyl (C=O) groups excluding carboxylic acids is 2. The first kappa shape index (κ1) is 15.8. The van der Waals surface area contributed by atoms with Gasteiger partial charge in [0, 0.05) is 29.8 Å². The van der Waals surface area contributed by atoms with Crippen molar-refractivity contribution in [2.45, 2.75) is 44.3 Å². The number of carbonyl (C=O) groups is 2. The van der Waals surface area contributed by atoms with Crippen molar-refractivity contribution in [2.75, 3.05) is 0 Å². The van der Waals surface area contributed by atoms with Crippen LogP contribution in [-0.2, 0) is 11.3 Å². The number of pyridine rings is 1. The zero-order valence-corrected chi connectivity index (χ0v) is 14.1. The smallest absolute Gasteiger partial charge is 0.255 e. The van der Waals surface area contributed by atoms with Crippen molar-refractivity contribution in [3.8, 4) is 0 Å². The lowest BCUT2D eigenvalue weighted by Crippen LogP contribution is -2.43. The number of H-pyrrole nitrogens is 1. The van der Waals surface area contributed by atoms with Gasteiger partial charge in [0.25, 0.3) is 5.91 Å². The van der Waals surface area contributed by atoms with Crippen LogP contribution in [0.15, 0.2) is 48.8 Å². The molecule has 5 nitrogen and oxygen atoms in total. The summed E-state index contributed by atoms with van der Waals surface area (Å²) in [7, 11) is 0. The van der Waals surface area contributed by atoms with Crippen LogP contribution < -0.4 is 10.3 Å². The van der Waals surface area contributed by atoms with E-state index in [0.29, 0.717) is 12.1 Å². The van der Waals surface area contributed by atoms with Gasteiger partial charge in [0.05, 0.1) is 0 Å². The number of rotatable bonds is 4. The summed E-state index contributed by atoms with van der Waals surface area (Å²) in [6, 6.07) is 11.0. The summed E-state index contributed by atoms with van der Waals surface area (Å²) < 4.78 is 0. The van der Waals surface area contributed by atoms with Gasteiger partial charge in [0.15, 0.2) is 12.4 Å². The fourth-order valence-electron chi connectivity index (χ4n) is 3.99. The molecule has 25 heavy (non-hydrogen) atoms. The zero-order valence-electron chi connectivity index (χ0n) is 14.1. The molecule has 1 aromatic carbocycles. The van der Waals surface area contributed by atoms with Crippen LogP contribution in [0.4, 0.5) is 0 Å². The molecule has 2 amide bonds. The van der Waals surface area contributed by atoms with Gasteiger partial charge in [0.1, 0.15) is 6.04 Å². The number of hydrogen-bond acceptors (Lipinski definition) is 2. The van der Waals surface area contributed by atoms with E-state index in [2.05, 4.69) is 10.3 Å². The van der Waals surface area contributed by atoms with Crippen molar-refractivity contribution in [1.29, 1.82) is 0 Å². The second-order valence-corrected chi connectivity index (χ2v) is 6.77. The third-order valence-electron chi connectivity index (χ3n) is 5.20. The SMILES string of the molecule is O=C(NCc1ccc[nH+]c1)C1c2ccccc2C(=O)N1C1CCCC1. The van der Waals surface area contributed by atoms with Crippen molar-refractivity contribution in [2.24, 2.45) is 0 Å². The number of nitrogens with one attached hydrogen (secondary N) is 2. The first-order valence-electron chi connectivity index (χ1n) is 8.90. The Hall–Kier alpha value is -2.69. The van der Waals surface area contributed by atoms with Gasteiger partial charge in [-0.05, 0) is 30.5 Å². The molecular weight excluding hydrogens is 314 g/mol. The van der Waals surface area contributed by atoms with Crippen molar-refractivity contribution in [1.82, 2.24) is 10.2 Å². The molecule has 2 N–H and O–H groups in total. The van der Waals surface area contributed by atoms with Crippen LogP contribution in [0.5, 0.6) is 0 Å². The van der Waals surface area contributed by atoms with Gasteiger partial charge in [-0.25, -0.2) is 4.98 Å². The molecule has 1 saturated carbocycles. The molecular formula is C20H22N3O2+. The topological polar surface area (TPSA) is 63.6 Å². The minimum Gasteiger partial charge on any atom is -0.350 e. The Morgan fingerprint density at radius 1 is 1.16 bits per heavy atom. The third-order valence-corrected chi connectivity index (χ3v) is 5.20. The standard InChI is InChI=1S/C20H21N3O2/c24-19(22-13-14-6-5-11-21-12-14)18-16-9-3-4-10-17(16)20(25)23(18)15-7-1-2-8-15/h3-6,9-12,15,18H,1-2,7-8,13H2,(H,22,24)/p+1. The highest BCUT2D eigenvalue weighted by molar-refractivity contribution is 6.04. The van der Waals surface area contributed by atoms with Gasteiger partial charge >= 0.3 is 0 Å². The van der Waals surface area contributed by atoms with Gasteiger partial charge in [-0.1, -0.05) is 31.0 Å². The first-order chi connectivity index (χ1) is 12.3. The van der Waals surface area contributed by atoms with Crippen molar-refractivity contribution >= 4 is 11.8 Å². The van der Waals surface area contributed by atoms with E-state index >= 15 is 0 Å². The summed E-state index contributed by atoms with van der Waals surface area (Å²) in [5.41, 5.74) is 2.50. The van der Waals surface area contributed by atoms with Crippen LogP contribution in [-0.4, -0.2) is 22.8 Å². The molecule has 1 fully saturated rings. The summed E-state index contributed by atoms with van der Waals surface area (Å²) in [4.78, 5) is 30.7. The van der Waals surface area contributed by atoms with Crippen molar-refractivity contribution < 1.29 is 14.6 Å². The maximum Gasteiger partial charge on any atom is 0.255 e. The number of nitrogens with zero attached hydrogens (tertiary/aromatic N) is 1. The van der Waals surface area contributed by atoms with E-state index in [4.69, 9.17) is 0 Å². The Balaban J connectivity index is 1.59. The maximum absolute atomic E-state index is 13.0. The van der Waals surface area contributed by atoms with E-state index < -0.39 is 6.04 Å². The summed E-state index contributed by atoms with van der Waals surface area (Å²) in [5.74, 6) is -0.107. The Labute approximate surface area is 147 Å². The minimum atomic E-state index is -0.514. The monoisotopic (exact) mass is 336 g/mol. The van der Waals surface area contributed by atoms with Crippen molar-refractivity contribution in [3.63, 3.8) is 0 Å². The van der Waals surface area contributed by atoms with Gasteiger partial charge < -0.3 is 10.2 Å². The van der Waals surface area contributed by atoms with E-state index in [1.807, 2.05) is 53.7 Å². The first-order valence-corrected chi connectivity index (χ1v) is 8.90. The molecule has 1 atom stereocenters. The lowest BCUT2D eigenvalue weighted by Gasteiger charge is -2.30. The number of aromatic amines is 1. The molecule has 0 saturated heterocycles. The molecule has 0 bridgehead atoms. The average molecular weight is 336 g/mol. The highest BCUT2D eigenvalue weighted by atomic mass is 16.2. The van der Waals surface area contributed by atoms with Crippen LogP contribution in [0, 0.1) is 0 Å². The molecule has 1 aliphatic carbocycles. The van der Waals surface area contributed by atoms with Gasteiger partial charge in [0.2, 0.25) is 5.91 Å². The van der Waals surface area contributed by atoms with Crippen molar-refractivity contribution in [3.05, 3.63) is 65.5 Å². The number of amides is 2. The zero-order chi connectivity index (χ0) is 17.2. The number of aromatic nitrogens is 1. The second kappa shape index (κ2) is 6.67. The van der Waals surface area contributed by atoms with E-state index in [0.717, 1.165) is 36.8 Å². The molecule has 2 heterocycles. The second-order valence-electron chi connectivity index (χ2n) is 6.77. The number of fused-ring (bicyclic) bond motifs is 1. The predicted octanol–water partition coefficient (Wildman–Crippen LogP) is 2.26. The highest BCUT2D eigenvalue weighted by Crippen LogP contribution is 2.39. The lowest BCUT2D eigenvalue weighted by atomic mass is 10.0. The molecule has 5 heteroatoms. The van der Waals surface area contributed by atoms with Gasteiger partial charge in [-0.3, -0.25) is 9.59 Å². The Morgan fingerprint density at radius 3 is 2.72 bits per heavy atom. The quantitative estimate of drug-likeness (QED) is 0.931. The third kappa shape index (κ3) is 2.90. The molecule has 128 valence electrons. The molecule has 1 unspecified atom stereocenters. The fourth-order valence-corrected chi connectivity index (χ4v) is 3.99. The minimum absolute atomic E-state index is 0.00399. The van der Waals surface area contributed by atoms with Gasteiger partial charge in [-0.2, -0.15) is 0 Å². The molecule has 0 spiro atoms. The van der Waals surface area contributed by atoms with E-state index in [-0.39, 0.29) is 17.9 Å². The largest absolute Gasteiger partial charge is 0.350 e. The highest BCUT2D eigenvalue weighted by Gasteiger charge is 2.44. The molecule has 1 aliphatic heterocycles. The van der Waals surface area contributed by atoms with E-state index in [9.17, 15) is 9.59 Å². The number of benzene rings is 1. The molecule has 2 aliphatic rings. The fraction of sp³-hybridized carbons (Fsp3) is 0.350. The summed E-state index contributed by atoms with van der Waals surface area (Å²) in [6.07, 6.45) is 7.91. The lowest BCUT2D eigenvalue weighted by molar-refractivity contribution is -0.378. The Kier molecular flexibility index (Phi) is 4.22. The molecule has 4 rings (SSSR count). The molecule has 1 aromatic heterocycles. The molecule has 2 aromatic rings. The Bertz CT molecular complexity index is 785. The summed E-state index contributed by atoms with van der Waals surface area (Å²) in [5, 5.41) is 3.00. The normalized spacial score (nSPS) is 19.9. The predicted molar refractivity (Wildman–Crippen MR) is 92.5 cm³/mol. The van der Waals surface area contributed by atoms with Crippen LogP contribution >= 0.6 is 0 Å². The van der Waals surface area contributed by atoms with Crippen LogP contribution in [0.2, 0.25) is 0 Å². The average Bonchev–Trinajstić information content (AvgIpc) is 3.27. The van der Waals surface area contributed by atoms with Gasteiger partial charge in [-0.15, -0.1) is 0 Å². The molecule has 0 radical (unpaired) electrons.